The highest BCUT2D eigenvalue weighted by Gasteiger charge is 2.39. The van der Waals surface area contributed by atoms with E-state index in [9.17, 15) is 14.0 Å². The van der Waals surface area contributed by atoms with Crippen LogP contribution in [0.2, 0.25) is 0 Å². The predicted molar refractivity (Wildman–Crippen MR) is 97.3 cm³/mol. The number of fused-ring (bicyclic) bond motifs is 1. The number of carbonyl (C=O) groups excluding carboxylic acids is 2. The maximum atomic E-state index is 13.4. The molecule has 2 heterocycles. The summed E-state index contributed by atoms with van der Waals surface area (Å²) in [5.41, 5.74) is 2.51. The van der Waals surface area contributed by atoms with Gasteiger partial charge in [0.2, 0.25) is 5.91 Å². The Hall–Kier alpha value is -2.99. The average molecular weight is 351 g/mol. The first-order chi connectivity index (χ1) is 12.6. The lowest BCUT2D eigenvalue weighted by atomic mass is 10.1. The SMILES string of the molecule is O=C1C[C@H](NCCc2c[nH]c3ccccc23)C(=O)N1c1cccc(F)c1. The van der Waals surface area contributed by atoms with Crippen molar-refractivity contribution >= 4 is 28.4 Å². The van der Waals surface area contributed by atoms with Crippen LogP contribution in [0.3, 0.4) is 0 Å². The minimum atomic E-state index is -0.573. The van der Waals surface area contributed by atoms with Crippen LogP contribution in [-0.2, 0) is 16.0 Å². The zero-order valence-electron chi connectivity index (χ0n) is 14.0. The number of H-pyrrole nitrogens is 1. The number of nitrogens with zero attached hydrogens (tertiary/aromatic N) is 1. The van der Waals surface area contributed by atoms with Gasteiger partial charge in [0.1, 0.15) is 5.82 Å². The fourth-order valence-electron chi connectivity index (χ4n) is 3.40. The Labute approximate surface area is 149 Å². The first kappa shape index (κ1) is 16.5. The molecule has 1 fully saturated rings. The Morgan fingerprint density at radius 3 is 2.85 bits per heavy atom. The fourth-order valence-corrected chi connectivity index (χ4v) is 3.40. The van der Waals surface area contributed by atoms with E-state index >= 15 is 0 Å². The highest BCUT2D eigenvalue weighted by molar-refractivity contribution is 6.22. The molecule has 1 aliphatic rings. The van der Waals surface area contributed by atoms with Gasteiger partial charge in [0, 0.05) is 23.6 Å². The van der Waals surface area contributed by atoms with Gasteiger partial charge in [0.25, 0.3) is 5.91 Å². The smallest absolute Gasteiger partial charge is 0.251 e. The van der Waals surface area contributed by atoms with Gasteiger partial charge < -0.3 is 10.3 Å². The molecule has 0 unspecified atom stereocenters. The Morgan fingerprint density at radius 1 is 1.15 bits per heavy atom. The molecule has 6 heteroatoms. The summed E-state index contributed by atoms with van der Waals surface area (Å²) in [6.07, 6.45) is 2.79. The van der Waals surface area contributed by atoms with Crippen molar-refractivity contribution in [3.05, 3.63) is 66.1 Å². The number of halogens is 1. The number of nitrogens with one attached hydrogen (secondary N) is 2. The van der Waals surface area contributed by atoms with Gasteiger partial charge in [-0.15, -0.1) is 0 Å². The van der Waals surface area contributed by atoms with E-state index < -0.39 is 11.9 Å². The molecule has 0 radical (unpaired) electrons. The first-order valence-electron chi connectivity index (χ1n) is 8.54. The second kappa shape index (κ2) is 6.72. The van der Waals surface area contributed by atoms with Crippen molar-refractivity contribution in [2.75, 3.05) is 11.4 Å². The molecule has 2 amide bonds. The fraction of sp³-hybridized carbons (Fsp3) is 0.200. The molecule has 3 aromatic rings. The molecule has 2 N–H and O–H groups in total. The molecule has 0 spiro atoms. The molecule has 0 bridgehead atoms. The van der Waals surface area contributed by atoms with Gasteiger partial charge in [-0.25, -0.2) is 9.29 Å². The van der Waals surface area contributed by atoms with Crippen LogP contribution in [0, 0.1) is 5.82 Å². The largest absolute Gasteiger partial charge is 0.361 e. The van der Waals surface area contributed by atoms with Crippen molar-refractivity contribution < 1.29 is 14.0 Å². The molecule has 2 aromatic carbocycles. The molecule has 132 valence electrons. The summed E-state index contributed by atoms with van der Waals surface area (Å²) in [5.74, 6) is -1.12. The predicted octanol–water partition coefficient (Wildman–Crippen LogP) is 2.77. The molecular weight excluding hydrogens is 333 g/mol. The van der Waals surface area contributed by atoms with Crippen LogP contribution < -0.4 is 10.2 Å². The molecule has 4 rings (SSSR count). The molecule has 26 heavy (non-hydrogen) atoms. The maximum Gasteiger partial charge on any atom is 0.251 e. The van der Waals surface area contributed by atoms with Gasteiger partial charge in [-0.1, -0.05) is 24.3 Å². The van der Waals surface area contributed by atoms with Crippen LogP contribution >= 0.6 is 0 Å². The Bertz CT molecular complexity index is 982. The standard InChI is InChI=1S/C20H18FN3O2/c21-14-4-3-5-15(10-14)24-19(25)11-18(20(24)26)22-9-8-13-12-23-17-7-2-1-6-16(13)17/h1-7,10,12,18,22-23H,8-9,11H2/t18-/m0/s1. The number of hydrogen-bond donors (Lipinski definition) is 2. The van der Waals surface area contributed by atoms with Crippen molar-refractivity contribution in [2.45, 2.75) is 18.9 Å². The van der Waals surface area contributed by atoms with Gasteiger partial charge in [-0.05, 0) is 36.2 Å². The van der Waals surface area contributed by atoms with Gasteiger partial charge in [0.15, 0.2) is 0 Å². The Morgan fingerprint density at radius 2 is 2.00 bits per heavy atom. The monoisotopic (exact) mass is 351 g/mol. The Kier molecular flexibility index (Phi) is 4.26. The van der Waals surface area contributed by atoms with Gasteiger partial charge >= 0.3 is 0 Å². The molecule has 1 aliphatic heterocycles. The van der Waals surface area contributed by atoms with Crippen LogP contribution in [0.5, 0.6) is 0 Å². The maximum absolute atomic E-state index is 13.4. The lowest BCUT2D eigenvalue weighted by Gasteiger charge is -2.15. The summed E-state index contributed by atoms with van der Waals surface area (Å²) in [6.45, 7) is 0.572. The average Bonchev–Trinajstić information content (AvgIpc) is 3.16. The van der Waals surface area contributed by atoms with Gasteiger partial charge in [-0.2, -0.15) is 0 Å². The van der Waals surface area contributed by atoms with Crippen molar-refractivity contribution in [1.29, 1.82) is 0 Å². The number of aromatic amines is 1. The number of imide groups is 1. The zero-order chi connectivity index (χ0) is 18.1. The molecule has 1 atom stereocenters. The van der Waals surface area contributed by atoms with Gasteiger partial charge in [-0.3, -0.25) is 9.59 Å². The first-order valence-corrected chi connectivity index (χ1v) is 8.54. The highest BCUT2D eigenvalue weighted by atomic mass is 19.1. The van der Waals surface area contributed by atoms with E-state index in [-0.39, 0.29) is 23.9 Å². The minimum Gasteiger partial charge on any atom is -0.361 e. The van der Waals surface area contributed by atoms with Crippen LogP contribution in [0.1, 0.15) is 12.0 Å². The molecule has 1 aromatic heterocycles. The number of aromatic nitrogens is 1. The third-order valence-corrected chi connectivity index (χ3v) is 4.67. The number of para-hydroxylation sites is 1. The molecule has 0 aliphatic carbocycles. The van der Waals surface area contributed by atoms with E-state index in [0.717, 1.165) is 27.8 Å². The second-order valence-corrected chi connectivity index (χ2v) is 6.37. The summed E-state index contributed by atoms with van der Waals surface area (Å²) in [6, 6.07) is 13.0. The number of amides is 2. The quantitative estimate of drug-likeness (QED) is 0.695. The molecular formula is C20H18FN3O2. The highest BCUT2D eigenvalue weighted by Crippen LogP contribution is 2.24. The lowest BCUT2D eigenvalue weighted by molar-refractivity contribution is -0.121. The topological polar surface area (TPSA) is 65.2 Å². The van der Waals surface area contributed by atoms with E-state index in [1.165, 1.54) is 18.2 Å². The summed E-state index contributed by atoms with van der Waals surface area (Å²) >= 11 is 0. The van der Waals surface area contributed by atoms with Crippen molar-refractivity contribution in [1.82, 2.24) is 10.3 Å². The third-order valence-electron chi connectivity index (χ3n) is 4.67. The lowest BCUT2D eigenvalue weighted by Crippen LogP contribution is -2.39. The van der Waals surface area contributed by atoms with Crippen LogP contribution in [0.25, 0.3) is 10.9 Å². The summed E-state index contributed by atoms with van der Waals surface area (Å²) in [5, 5.41) is 4.32. The number of rotatable bonds is 5. The second-order valence-electron chi connectivity index (χ2n) is 6.37. The Balaban J connectivity index is 1.41. The van der Waals surface area contributed by atoms with E-state index in [1.54, 1.807) is 6.07 Å². The summed E-state index contributed by atoms with van der Waals surface area (Å²) in [7, 11) is 0. The van der Waals surface area contributed by atoms with E-state index in [1.807, 2.05) is 24.4 Å². The zero-order valence-corrected chi connectivity index (χ0v) is 14.0. The summed E-state index contributed by atoms with van der Waals surface area (Å²) in [4.78, 5) is 29.0. The third kappa shape index (κ3) is 2.99. The number of carbonyl (C=O) groups is 2. The van der Waals surface area contributed by atoms with Crippen molar-refractivity contribution in [3.63, 3.8) is 0 Å². The van der Waals surface area contributed by atoms with Crippen molar-refractivity contribution in [3.8, 4) is 0 Å². The number of benzene rings is 2. The molecule has 1 saturated heterocycles. The van der Waals surface area contributed by atoms with Crippen LogP contribution in [0.4, 0.5) is 10.1 Å². The van der Waals surface area contributed by atoms with Crippen LogP contribution in [0.15, 0.2) is 54.7 Å². The van der Waals surface area contributed by atoms with E-state index in [4.69, 9.17) is 0 Å². The molecule has 5 nitrogen and oxygen atoms in total. The van der Waals surface area contributed by atoms with Gasteiger partial charge in [0.05, 0.1) is 18.2 Å². The minimum absolute atomic E-state index is 0.0865. The van der Waals surface area contributed by atoms with E-state index in [0.29, 0.717) is 6.54 Å². The summed E-state index contributed by atoms with van der Waals surface area (Å²) < 4.78 is 13.4. The normalized spacial score (nSPS) is 17.4. The number of hydrogen-bond acceptors (Lipinski definition) is 3. The van der Waals surface area contributed by atoms with Crippen molar-refractivity contribution in [2.24, 2.45) is 0 Å². The van der Waals surface area contributed by atoms with Crippen LogP contribution in [-0.4, -0.2) is 29.4 Å². The molecule has 0 saturated carbocycles. The number of anilines is 1. The van der Waals surface area contributed by atoms with E-state index in [2.05, 4.69) is 16.4 Å².